The summed E-state index contributed by atoms with van der Waals surface area (Å²) in [4.78, 5) is 11.7. The maximum Gasteiger partial charge on any atom is 0.163 e. The van der Waals surface area contributed by atoms with Gasteiger partial charge in [0, 0.05) is 26.6 Å². The molecule has 0 bridgehead atoms. The van der Waals surface area contributed by atoms with Crippen LogP contribution in [0.5, 0.6) is 0 Å². The Morgan fingerprint density at radius 2 is 2.06 bits per heavy atom. The summed E-state index contributed by atoms with van der Waals surface area (Å²) in [7, 11) is 3.23. The molecule has 3 heteroatoms. The van der Waals surface area contributed by atoms with E-state index in [1.165, 1.54) is 0 Å². The molecule has 3 nitrogen and oxygen atoms in total. The topological polar surface area (TPSA) is 35.5 Å². The molecule has 0 saturated carbocycles. The highest BCUT2D eigenvalue weighted by atomic mass is 16.7. The predicted octanol–water partition coefficient (Wildman–Crippen LogP) is 2.33. The van der Waals surface area contributed by atoms with Gasteiger partial charge in [-0.2, -0.15) is 0 Å². The van der Waals surface area contributed by atoms with E-state index in [4.69, 9.17) is 9.47 Å². The maximum atomic E-state index is 11.7. The number of methoxy groups -OCH3 is 2. The van der Waals surface area contributed by atoms with Crippen molar-refractivity contribution in [3.63, 3.8) is 0 Å². The Morgan fingerprint density at radius 3 is 2.50 bits per heavy atom. The molecular weight excluding hydrogens is 204 g/mol. The summed E-state index contributed by atoms with van der Waals surface area (Å²) >= 11 is 0. The van der Waals surface area contributed by atoms with Crippen LogP contribution in [0, 0.1) is 11.8 Å². The second kappa shape index (κ2) is 5.41. The van der Waals surface area contributed by atoms with Crippen molar-refractivity contribution in [1.82, 2.24) is 0 Å². The van der Waals surface area contributed by atoms with Crippen LogP contribution < -0.4 is 0 Å². The smallest absolute Gasteiger partial charge is 0.163 e. The summed E-state index contributed by atoms with van der Waals surface area (Å²) in [5, 5.41) is 0. The quantitative estimate of drug-likeness (QED) is 0.543. The molecule has 0 spiro atoms. The van der Waals surface area contributed by atoms with Crippen molar-refractivity contribution in [3.05, 3.63) is 23.8 Å². The van der Waals surface area contributed by atoms with Crippen molar-refractivity contribution in [1.29, 1.82) is 0 Å². The second-order valence-corrected chi connectivity index (χ2v) is 4.35. The molecular formula is C13H20O3. The Hall–Kier alpha value is -0.930. The Balaban J connectivity index is 3.00. The van der Waals surface area contributed by atoms with E-state index in [9.17, 15) is 4.79 Å². The minimum Gasteiger partial charge on any atom is -0.355 e. The van der Waals surface area contributed by atoms with Crippen molar-refractivity contribution in [2.45, 2.75) is 26.6 Å². The highest BCUT2D eigenvalue weighted by Crippen LogP contribution is 2.34. The molecule has 1 aliphatic rings. The minimum absolute atomic E-state index is 0.0743. The van der Waals surface area contributed by atoms with E-state index >= 15 is 0 Å². The molecule has 1 rings (SSSR count). The van der Waals surface area contributed by atoms with Gasteiger partial charge in [-0.15, -0.1) is 0 Å². The average Bonchev–Trinajstić information content (AvgIpc) is 2.24. The zero-order chi connectivity index (χ0) is 12.3. The number of hydrogen-bond donors (Lipinski definition) is 0. The van der Waals surface area contributed by atoms with Crippen LogP contribution in [0.1, 0.15) is 20.3 Å². The summed E-state index contributed by atoms with van der Waals surface area (Å²) in [6, 6.07) is 0. The van der Waals surface area contributed by atoms with Gasteiger partial charge in [-0.3, -0.25) is 4.79 Å². The first-order valence-corrected chi connectivity index (χ1v) is 5.43. The maximum absolute atomic E-state index is 11.7. The van der Waals surface area contributed by atoms with E-state index in [0.29, 0.717) is 6.42 Å². The van der Waals surface area contributed by atoms with E-state index < -0.39 is 0 Å². The van der Waals surface area contributed by atoms with Crippen LogP contribution in [0.3, 0.4) is 0 Å². The summed E-state index contributed by atoms with van der Waals surface area (Å²) in [5.41, 5.74) is 1.79. The Bertz CT molecular complexity index is 313. The van der Waals surface area contributed by atoms with Crippen molar-refractivity contribution >= 4 is 5.78 Å². The molecule has 0 radical (unpaired) electrons. The molecule has 1 aliphatic carbocycles. The fourth-order valence-corrected chi connectivity index (χ4v) is 2.18. The molecule has 90 valence electrons. The van der Waals surface area contributed by atoms with Crippen molar-refractivity contribution in [2.75, 3.05) is 14.2 Å². The number of carbonyl (C=O) groups excluding carboxylic acids is 1. The monoisotopic (exact) mass is 224 g/mol. The van der Waals surface area contributed by atoms with Gasteiger partial charge < -0.3 is 9.47 Å². The van der Waals surface area contributed by atoms with Gasteiger partial charge in [0.1, 0.15) is 0 Å². The predicted molar refractivity (Wildman–Crippen MR) is 63.0 cm³/mol. The van der Waals surface area contributed by atoms with Gasteiger partial charge in [-0.1, -0.05) is 18.2 Å². The third-order valence-corrected chi connectivity index (χ3v) is 3.16. The molecule has 0 aromatic carbocycles. The molecule has 0 unspecified atom stereocenters. The summed E-state index contributed by atoms with van der Waals surface area (Å²) < 4.78 is 10.6. The molecule has 0 N–H and O–H groups in total. The van der Waals surface area contributed by atoms with E-state index in [1.807, 2.05) is 19.9 Å². The van der Waals surface area contributed by atoms with Crippen LogP contribution in [0.2, 0.25) is 0 Å². The van der Waals surface area contributed by atoms with E-state index in [-0.39, 0.29) is 23.9 Å². The van der Waals surface area contributed by atoms with Crippen LogP contribution in [0.15, 0.2) is 23.8 Å². The van der Waals surface area contributed by atoms with E-state index in [1.54, 1.807) is 14.2 Å². The van der Waals surface area contributed by atoms with E-state index in [0.717, 1.165) is 11.1 Å². The van der Waals surface area contributed by atoms with Gasteiger partial charge in [-0.05, 0) is 25.3 Å². The standard InChI is InChI=1S/C13H20O3/c1-8(2)10-7-12(14)9(3)6-11(10)13(15-4)16-5/h6,10-11,13H,1,7H2,2-5H3/t10-,11+/m1/s1. The molecule has 0 amide bonds. The normalized spacial score (nSPS) is 25.8. The van der Waals surface area contributed by atoms with Crippen LogP contribution in [0.25, 0.3) is 0 Å². The minimum atomic E-state index is -0.315. The molecule has 0 aromatic rings. The number of rotatable bonds is 4. The fourth-order valence-electron chi connectivity index (χ4n) is 2.18. The lowest BCUT2D eigenvalue weighted by Gasteiger charge is -2.33. The first-order valence-electron chi connectivity index (χ1n) is 5.43. The van der Waals surface area contributed by atoms with Crippen LogP contribution in [0.4, 0.5) is 0 Å². The van der Waals surface area contributed by atoms with E-state index in [2.05, 4.69) is 6.58 Å². The molecule has 16 heavy (non-hydrogen) atoms. The van der Waals surface area contributed by atoms with Gasteiger partial charge in [0.15, 0.2) is 12.1 Å². The summed E-state index contributed by atoms with van der Waals surface area (Å²) in [6.07, 6.45) is 2.14. The molecule has 0 aliphatic heterocycles. The van der Waals surface area contributed by atoms with Gasteiger partial charge in [0.05, 0.1) is 0 Å². The average molecular weight is 224 g/mol. The fraction of sp³-hybridized carbons (Fsp3) is 0.615. The Morgan fingerprint density at radius 1 is 1.50 bits per heavy atom. The highest BCUT2D eigenvalue weighted by molar-refractivity contribution is 5.96. The SMILES string of the molecule is C=C(C)[C@H]1CC(=O)C(C)=C[C@@H]1C(OC)OC. The number of ketones is 1. The lowest BCUT2D eigenvalue weighted by atomic mass is 9.76. The molecule has 2 atom stereocenters. The molecule has 0 saturated heterocycles. The lowest BCUT2D eigenvalue weighted by molar-refractivity contribution is -0.139. The summed E-state index contributed by atoms with van der Waals surface area (Å²) in [5.74, 6) is 0.376. The molecule has 0 heterocycles. The molecule has 0 fully saturated rings. The van der Waals surface area contributed by atoms with Gasteiger partial charge in [-0.25, -0.2) is 0 Å². The first kappa shape index (κ1) is 13.1. The third kappa shape index (κ3) is 2.60. The van der Waals surface area contributed by atoms with Crippen LogP contribution >= 0.6 is 0 Å². The zero-order valence-corrected chi connectivity index (χ0v) is 10.4. The number of hydrogen-bond acceptors (Lipinski definition) is 3. The number of Topliss-reactive ketones (excluding diaryl/α,β-unsaturated/α-hetero) is 1. The van der Waals surface area contributed by atoms with Crippen molar-refractivity contribution in [2.24, 2.45) is 11.8 Å². The van der Waals surface area contributed by atoms with Crippen molar-refractivity contribution < 1.29 is 14.3 Å². The van der Waals surface area contributed by atoms with Gasteiger partial charge >= 0.3 is 0 Å². The van der Waals surface area contributed by atoms with Crippen LogP contribution in [-0.2, 0) is 14.3 Å². The van der Waals surface area contributed by atoms with Gasteiger partial charge in [0.25, 0.3) is 0 Å². The van der Waals surface area contributed by atoms with Gasteiger partial charge in [0.2, 0.25) is 0 Å². The summed E-state index contributed by atoms with van der Waals surface area (Å²) in [6.45, 7) is 7.73. The number of carbonyl (C=O) groups is 1. The number of ether oxygens (including phenoxy) is 2. The Labute approximate surface area is 97.1 Å². The Kier molecular flexibility index (Phi) is 4.44. The second-order valence-electron chi connectivity index (χ2n) is 4.35. The number of allylic oxidation sites excluding steroid dienone is 2. The lowest BCUT2D eigenvalue weighted by Crippen LogP contribution is -2.34. The first-order chi connectivity index (χ1) is 7.51. The van der Waals surface area contributed by atoms with Crippen LogP contribution in [-0.4, -0.2) is 26.3 Å². The molecule has 0 aromatic heterocycles. The largest absolute Gasteiger partial charge is 0.355 e. The zero-order valence-electron chi connectivity index (χ0n) is 10.4. The third-order valence-electron chi connectivity index (χ3n) is 3.16. The van der Waals surface area contributed by atoms with Crippen molar-refractivity contribution in [3.8, 4) is 0 Å². The highest BCUT2D eigenvalue weighted by Gasteiger charge is 2.34.